The second-order valence-corrected chi connectivity index (χ2v) is 5.84. The van der Waals surface area contributed by atoms with Crippen molar-refractivity contribution in [2.45, 2.75) is 12.6 Å². The Bertz CT molecular complexity index is 828. The molecule has 1 fully saturated rings. The van der Waals surface area contributed by atoms with E-state index in [2.05, 4.69) is 4.90 Å². The van der Waals surface area contributed by atoms with E-state index in [-0.39, 0.29) is 0 Å². The predicted octanol–water partition coefficient (Wildman–Crippen LogP) is 3.56. The number of pyridine rings is 1. The van der Waals surface area contributed by atoms with Gasteiger partial charge in [0.15, 0.2) is 0 Å². The second kappa shape index (κ2) is 5.57. The first-order valence-electron chi connectivity index (χ1n) is 7.75. The highest BCUT2D eigenvalue weighted by Gasteiger charge is 2.22. The molecule has 23 heavy (non-hydrogen) atoms. The van der Waals surface area contributed by atoms with Crippen LogP contribution >= 0.6 is 0 Å². The van der Waals surface area contributed by atoms with Crippen LogP contribution in [0.2, 0.25) is 0 Å². The Labute approximate surface area is 134 Å². The summed E-state index contributed by atoms with van der Waals surface area (Å²) in [6.45, 7) is 1.24. The molecule has 0 N–H and O–H groups in total. The minimum Gasteiger partial charge on any atom is -0.497 e. The van der Waals surface area contributed by atoms with Crippen molar-refractivity contribution in [3.63, 3.8) is 0 Å². The summed E-state index contributed by atoms with van der Waals surface area (Å²) in [6.07, 6.45) is 3.87. The van der Waals surface area contributed by atoms with E-state index in [1.807, 2.05) is 53.2 Å². The molecule has 1 aliphatic rings. The van der Waals surface area contributed by atoms with Gasteiger partial charge in [-0.25, -0.2) is 9.37 Å². The van der Waals surface area contributed by atoms with E-state index >= 15 is 0 Å². The molecule has 5 heteroatoms. The Morgan fingerprint density at radius 2 is 2.04 bits per heavy atom. The second-order valence-electron chi connectivity index (χ2n) is 5.84. The number of alkyl halides is 1. The highest BCUT2D eigenvalue weighted by Crippen LogP contribution is 2.26. The van der Waals surface area contributed by atoms with Crippen molar-refractivity contribution in [2.24, 2.45) is 0 Å². The lowest BCUT2D eigenvalue weighted by molar-refractivity contribution is 0.364. The smallest absolute Gasteiger partial charge is 0.139 e. The highest BCUT2D eigenvalue weighted by molar-refractivity contribution is 5.66. The Morgan fingerprint density at radius 1 is 1.22 bits per heavy atom. The summed E-state index contributed by atoms with van der Waals surface area (Å²) in [5, 5.41) is 0. The Morgan fingerprint density at radius 3 is 2.74 bits per heavy atom. The third-order valence-corrected chi connectivity index (χ3v) is 4.33. The number of methoxy groups -OCH3 is 1. The molecule has 4 nitrogen and oxygen atoms in total. The molecule has 0 saturated carbocycles. The van der Waals surface area contributed by atoms with E-state index < -0.39 is 6.17 Å². The Balaban J connectivity index is 1.67. The molecule has 1 aliphatic heterocycles. The topological polar surface area (TPSA) is 29.8 Å². The van der Waals surface area contributed by atoms with Crippen molar-refractivity contribution >= 4 is 11.3 Å². The first-order chi connectivity index (χ1) is 11.2. The van der Waals surface area contributed by atoms with Gasteiger partial charge in [-0.3, -0.25) is 0 Å². The van der Waals surface area contributed by atoms with Crippen molar-refractivity contribution < 1.29 is 9.13 Å². The maximum Gasteiger partial charge on any atom is 0.139 e. The molecular weight excluding hydrogens is 293 g/mol. The third-order valence-electron chi connectivity index (χ3n) is 4.33. The van der Waals surface area contributed by atoms with Crippen LogP contribution in [0, 0.1) is 0 Å². The van der Waals surface area contributed by atoms with Gasteiger partial charge in [0.1, 0.15) is 17.6 Å². The quantitative estimate of drug-likeness (QED) is 0.741. The fraction of sp³-hybridized carbons (Fsp3) is 0.278. The molecule has 1 saturated heterocycles. The fourth-order valence-electron chi connectivity index (χ4n) is 3.02. The SMILES string of the molecule is COc1ccc(-c2cn3ccc(N4CCC(F)C4)cc3n2)cc1. The van der Waals surface area contributed by atoms with Crippen LogP contribution in [0.1, 0.15) is 6.42 Å². The summed E-state index contributed by atoms with van der Waals surface area (Å²) in [4.78, 5) is 6.77. The molecule has 2 aromatic heterocycles. The van der Waals surface area contributed by atoms with Crippen molar-refractivity contribution in [3.05, 3.63) is 48.8 Å². The first-order valence-corrected chi connectivity index (χ1v) is 7.75. The van der Waals surface area contributed by atoms with Gasteiger partial charge in [0, 0.05) is 42.8 Å². The molecule has 118 valence electrons. The largest absolute Gasteiger partial charge is 0.497 e. The van der Waals surface area contributed by atoms with Gasteiger partial charge in [0.2, 0.25) is 0 Å². The zero-order valence-corrected chi connectivity index (χ0v) is 12.9. The van der Waals surface area contributed by atoms with Crippen LogP contribution in [0.4, 0.5) is 10.1 Å². The molecule has 3 heterocycles. The Hall–Kier alpha value is -2.56. The molecule has 1 unspecified atom stereocenters. The van der Waals surface area contributed by atoms with E-state index in [9.17, 15) is 4.39 Å². The molecule has 4 rings (SSSR count). The average Bonchev–Trinajstić information content (AvgIpc) is 3.20. The zero-order valence-electron chi connectivity index (χ0n) is 12.9. The number of halogens is 1. The van der Waals surface area contributed by atoms with Gasteiger partial charge in [-0.1, -0.05) is 0 Å². The number of hydrogen-bond acceptors (Lipinski definition) is 3. The van der Waals surface area contributed by atoms with E-state index in [0.29, 0.717) is 13.0 Å². The summed E-state index contributed by atoms with van der Waals surface area (Å²) < 4.78 is 20.6. The molecule has 0 bridgehead atoms. The summed E-state index contributed by atoms with van der Waals surface area (Å²) >= 11 is 0. The number of fused-ring (bicyclic) bond motifs is 1. The number of imidazole rings is 1. The summed E-state index contributed by atoms with van der Waals surface area (Å²) in [5.74, 6) is 0.828. The van der Waals surface area contributed by atoms with E-state index in [1.54, 1.807) is 7.11 Å². The molecule has 0 spiro atoms. The molecule has 1 atom stereocenters. The van der Waals surface area contributed by atoms with E-state index in [1.165, 1.54) is 0 Å². The number of hydrogen-bond donors (Lipinski definition) is 0. The van der Waals surface area contributed by atoms with Crippen molar-refractivity contribution in [1.82, 2.24) is 9.38 Å². The van der Waals surface area contributed by atoms with Crippen LogP contribution in [0.3, 0.4) is 0 Å². The van der Waals surface area contributed by atoms with E-state index in [0.717, 1.165) is 34.9 Å². The van der Waals surface area contributed by atoms with Crippen molar-refractivity contribution in [2.75, 3.05) is 25.1 Å². The predicted molar refractivity (Wildman–Crippen MR) is 88.9 cm³/mol. The molecule has 1 aromatic carbocycles. The monoisotopic (exact) mass is 311 g/mol. The van der Waals surface area contributed by atoms with Gasteiger partial charge >= 0.3 is 0 Å². The first kappa shape index (κ1) is 14.1. The number of ether oxygens (including phenoxy) is 1. The lowest BCUT2D eigenvalue weighted by Gasteiger charge is -2.17. The maximum absolute atomic E-state index is 13.4. The third kappa shape index (κ3) is 2.63. The van der Waals surface area contributed by atoms with Gasteiger partial charge in [-0.2, -0.15) is 0 Å². The minimum absolute atomic E-state index is 0.474. The van der Waals surface area contributed by atoms with Crippen LogP contribution in [-0.4, -0.2) is 35.8 Å². The standard InChI is InChI=1S/C18H18FN3O/c1-23-16-4-2-13(3-5-16)17-12-22-9-7-15(10-18(22)20-17)21-8-6-14(19)11-21/h2-5,7,9-10,12,14H,6,8,11H2,1H3. The lowest BCUT2D eigenvalue weighted by atomic mass is 10.2. The van der Waals surface area contributed by atoms with Crippen LogP contribution in [0.5, 0.6) is 5.75 Å². The minimum atomic E-state index is -0.721. The number of nitrogens with zero attached hydrogens (tertiary/aromatic N) is 3. The van der Waals surface area contributed by atoms with Crippen LogP contribution in [0.15, 0.2) is 48.8 Å². The van der Waals surface area contributed by atoms with Crippen molar-refractivity contribution in [3.8, 4) is 17.0 Å². The number of rotatable bonds is 3. The van der Waals surface area contributed by atoms with Crippen molar-refractivity contribution in [1.29, 1.82) is 0 Å². The Kier molecular flexibility index (Phi) is 3.41. The highest BCUT2D eigenvalue weighted by atomic mass is 19.1. The van der Waals surface area contributed by atoms with Gasteiger partial charge in [-0.05, 0) is 36.8 Å². The fourth-order valence-corrected chi connectivity index (χ4v) is 3.02. The lowest BCUT2D eigenvalue weighted by Crippen LogP contribution is -2.19. The zero-order chi connectivity index (χ0) is 15.8. The molecule has 0 amide bonds. The molecule has 0 radical (unpaired) electrons. The van der Waals surface area contributed by atoms with Crippen LogP contribution in [0.25, 0.3) is 16.9 Å². The molecule has 0 aliphatic carbocycles. The molecular formula is C18H18FN3O. The normalized spacial score (nSPS) is 17.8. The summed E-state index contributed by atoms with van der Waals surface area (Å²) in [5.41, 5.74) is 3.86. The van der Waals surface area contributed by atoms with Gasteiger partial charge in [-0.15, -0.1) is 0 Å². The van der Waals surface area contributed by atoms with E-state index in [4.69, 9.17) is 9.72 Å². The maximum atomic E-state index is 13.4. The summed E-state index contributed by atoms with van der Waals surface area (Å²) in [7, 11) is 1.65. The van der Waals surface area contributed by atoms with Crippen LogP contribution in [-0.2, 0) is 0 Å². The van der Waals surface area contributed by atoms with Crippen LogP contribution < -0.4 is 9.64 Å². The van der Waals surface area contributed by atoms with Gasteiger partial charge < -0.3 is 14.0 Å². The van der Waals surface area contributed by atoms with Gasteiger partial charge in [0.05, 0.1) is 12.8 Å². The van der Waals surface area contributed by atoms with Gasteiger partial charge in [0.25, 0.3) is 0 Å². The molecule has 3 aromatic rings. The number of aromatic nitrogens is 2. The average molecular weight is 311 g/mol. The number of anilines is 1. The summed E-state index contributed by atoms with van der Waals surface area (Å²) in [6, 6.07) is 11.9. The number of benzene rings is 1.